The number of pyridine rings is 1. The molecule has 3 rings (SSSR count). The third-order valence-electron chi connectivity index (χ3n) is 4.20. The Morgan fingerprint density at radius 2 is 2.15 bits per heavy atom. The van der Waals surface area contributed by atoms with Gasteiger partial charge in [0.1, 0.15) is 17.4 Å². The summed E-state index contributed by atoms with van der Waals surface area (Å²) >= 11 is 0. The number of ether oxygens (including phenoxy) is 2. The summed E-state index contributed by atoms with van der Waals surface area (Å²) in [5, 5.41) is 11.6. The van der Waals surface area contributed by atoms with E-state index in [1.807, 2.05) is 18.2 Å². The van der Waals surface area contributed by atoms with Crippen LogP contribution in [0.2, 0.25) is 0 Å². The summed E-state index contributed by atoms with van der Waals surface area (Å²) in [5.41, 5.74) is 0.113. The fraction of sp³-hybridized carbons (Fsp3) is 0.412. The number of nitrogens with zero attached hydrogens (tertiary/aromatic N) is 2. The standard InChI is InChI=1S/C17H18N2O5S2/c20-16(24-14-7-5-13(6-8-14)19(21)22)23-12-17(9-3-10-17)26-25-15-4-1-2-11-18-15/h1-2,4-5,7,11H,3,6,8-10,12H2. The smallest absolute Gasteiger partial charge is 0.432 e. The highest BCUT2D eigenvalue weighted by atomic mass is 33.1. The van der Waals surface area contributed by atoms with Crippen LogP contribution in [-0.2, 0) is 9.47 Å². The van der Waals surface area contributed by atoms with E-state index in [0.29, 0.717) is 12.2 Å². The van der Waals surface area contributed by atoms with Crippen LogP contribution in [0.25, 0.3) is 0 Å². The third kappa shape index (κ3) is 5.01. The first-order valence-electron chi connectivity index (χ1n) is 8.22. The molecule has 0 bridgehead atoms. The molecule has 0 amide bonds. The van der Waals surface area contributed by atoms with Crippen LogP contribution in [0.5, 0.6) is 0 Å². The van der Waals surface area contributed by atoms with Gasteiger partial charge in [-0.25, -0.2) is 9.78 Å². The molecule has 0 radical (unpaired) electrons. The molecule has 138 valence electrons. The number of carbonyl (C=O) groups is 1. The minimum absolute atomic E-state index is 0.110. The topological polar surface area (TPSA) is 91.6 Å². The Hall–Kier alpha value is -2.00. The lowest BCUT2D eigenvalue weighted by Gasteiger charge is -2.39. The average molecular weight is 394 g/mol. The van der Waals surface area contributed by atoms with E-state index in [1.165, 1.54) is 12.2 Å². The predicted octanol–water partition coefficient (Wildman–Crippen LogP) is 4.74. The molecule has 1 aromatic rings. The van der Waals surface area contributed by atoms with E-state index in [2.05, 4.69) is 4.98 Å². The van der Waals surface area contributed by atoms with E-state index in [1.54, 1.807) is 27.8 Å². The average Bonchev–Trinajstić information content (AvgIpc) is 2.62. The minimum atomic E-state index is -0.760. The lowest BCUT2D eigenvalue weighted by atomic mass is 9.85. The van der Waals surface area contributed by atoms with Gasteiger partial charge in [-0.15, -0.1) is 0 Å². The zero-order chi connectivity index (χ0) is 18.4. The summed E-state index contributed by atoms with van der Waals surface area (Å²) < 4.78 is 10.3. The first-order chi connectivity index (χ1) is 12.6. The van der Waals surface area contributed by atoms with Gasteiger partial charge in [-0.2, -0.15) is 0 Å². The summed E-state index contributed by atoms with van der Waals surface area (Å²) in [7, 11) is 3.26. The van der Waals surface area contributed by atoms with Crippen molar-refractivity contribution in [2.24, 2.45) is 0 Å². The van der Waals surface area contributed by atoms with Gasteiger partial charge in [-0.05, 0) is 41.8 Å². The van der Waals surface area contributed by atoms with E-state index < -0.39 is 11.1 Å². The number of rotatable bonds is 7. The monoisotopic (exact) mass is 394 g/mol. The summed E-state index contributed by atoms with van der Waals surface area (Å²) in [6, 6.07) is 5.76. The van der Waals surface area contributed by atoms with Gasteiger partial charge < -0.3 is 9.47 Å². The van der Waals surface area contributed by atoms with Crippen LogP contribution < -0.4 is 0 Å². The number of allylic oxidation sites excluding steroid dienone is 4. The molecule has 1 heterocycles. The Bertz CT molecular complexity index is 732. The van der Waals surface area contributed by atoms with Gasteiger partial charge in [-0.1, -0.05) is 23.3 Å². The van der Waals surface area contributed by atoms with Gasteiger partial charge >= 0.3 is 6.16 Å². The summed E-state index contributed by atoms with van der Waals surface area (Å²) in [4.78, 5) is 26.4. The normalized spacial score (nSPS) is 18.2. The van der Waals surface area contributed by atoms with Crippen molar-refractivity contribution < 1.29 is 19.2 Å². The molecule has 0 aliphatic heterocycles. The molecule has 2 aliphatic rings. The Balaban J connectivity index is 1.46. The molecule has 0 unspecified atom stereocenters. The maximum atomic E-state index is 11.9. The molecule has 0 aromatic carbocycles. The van der Waals surface area contributed by atoms with Crippen molar-refractivity contribution in [1.29, 1.82) is 0 Å². The summed E-state index contributed by atoms with van der Waals surface area (Å²) in [6.45, 7) is 0.277. The van der Waals surface area contributed by atoms with Crippen LogP contribution in [0.15, 0.2) is 53.0 Å². The molecule has 1 saturated carbocycles. The highest BCUT2D eigenvalue weighted by molar-refractivity contribution is 8.77. The van der Waals surface area contributed by atoms with Crippen molar-refractivity contribution in [3.05, 3.63) is 58.1 Å². The van der Waals surface area contributed by atoms with Crippen molar-refractivity contribution in [1.82, 2.24) is 4.98 Å². The maximum absolute atomic E-state index is 11.9. The highest BCUT2D eigenvalue weighted by Crippen LogP contribution is 2.51. The van der Waals surface area contributed by atoms with Crippen LogP contribution in [-0.4, -0.2) is 27.4 Å². The number of aromatic nitrogens is 1. The predicted molar refractivity (Wildman–Crippen MR) is 99.1 cm³/mol. The zero-order valence-corrected chi connectivity index (χ0v) is 15.6. The Kier molecular flexibility index (Phi) is 6.20. The molecule has 9 heteroatoms. The molecule has 0 atom stereocenters. The molecule has 7 nitrogen and oxygen atoms in total. The van der Waals surface area contributed by atoms with E-state index in [4.69, 9.17) is 9.47 Å². The van der Waals surface area contributed by atoms with Gasteiger partial charge in [0.25, 0.3) is 0 Å². The third-order valence-corrected chi connectivity index (χ3v) is 7.40. The number of nitro groups is 1. The van der Waals surface area contributed by atoms with Crippen molar-refractivity contribution in [2.45, 2.75) is 41.9 Å². The second-order valence-electron chi connectivity index (χ2n) is 6.06. The SMILES string of the molecule is O=C(OCC1(SSc2ccccn2)CCC1)OC1=CC=C([N+](=O)[O-])CC1. The van der Waals surface area contributed by atoms with Crippen molar-refractivity contribution >= 4 is 27.7 Å². The minimum Gasteiger partial charge on any atom is -0.432 e. The Labute approximate surface area is 158 Å². The van der Waals surface area contributed by atoms with Crippen LogP contribution in [0.3, 0.4) is 0 Å². The largest absolute Gasteiger partial charge is 0.513 e. The molecule has 1 aromatic heterocycles. The van der Waals surface area contributed by atoms with E-state index in [0.717, 1.165) is 24.3 Å². The molecule has 0 spiro atoms. The quantitative estimate of drug-likeness (QED) is 0.283. The lowest BCUT2D eigenvalue weighted by molar-refractivity contribution is -0.428. The first kappa shape index (κ1) is 18.8. The van der Waals surface area contributed by atoms with Gasteiger partial charge in [0.05, 0.1) is 9.67 Å². The second-order valence-corrected chi connectivity index (χ2v) is 8.68. The summed E-state index contributed by atoms with van der Waals surface area (Å²) in [5.74, 6) is 0.388. The molecular formula is C17H18N2O5S2. The van der Waals surface area contributed by atoms with Crippen molar-refractivity contribution in [3.8, 4) is 0 Å². The zero-order valence-electron chi connectivity index (χ0n) is 14.0. The van der Waals surface area contributed by atoms with Crippen LogP contribution in [0.4, 0.5) is 4.79 Å². The number of carbonyl (C=O) groups excluding carboxylic acids is 1. The van der Waals surface area contributed by atoms with Crippen LogP contribution in [0.1, 0.15) is 32.1 Å². The molecule has 2 aliphatic carbocycles. The Morgan fingerprint density at radius 3 is 2.73 bits per heavy atom. The first-order valence-corrected chi connectivity index (χ1v) is 10.4. The maximum Gasteiger partial charge on any atom is 0.513 e. The summed E-state index contributed by atoms with van der Waals surface area (Å²) in [6.07, 6.45) is 7.42. The second kappa shape index (κ2) is 8.59. The van der Waals surface area contributed by atoms with Gasteiger partial charge in [0.2, 0.25) is 5.70 Å². The highest BCUT2D eigenvalue weighted by Gasteiger charge is 2.40. The van der Waals surface area contributed by atoms with Crippen molar-refractivity contribution in [3.63, 3.8) is 0 Å². The van der Waals surface area contributed by atoms with Crippen LogP contribution >= 0.6 is 21.6 Å². The molecular weight excluding hydrogens is 376 g/mol. The van der Waals surface area contributed by atoms with Gasteiger partial charge in [0, 0.05) is 25.1 Å². The fourth-order valence-corrected chi connectivity index (χ4v) is 5.31. The van der Waals surface area contributed by atoms with E-state index in [-0.39, 0.29) is 23.5 Å². The molecule has 0 saturated heterocycles. The van der Waals surface area contributed by atoms with Crippen LogP contribution in [0, 0.1) is 10.1 Å². The van der Waals surface area contributed by atoms with Crippen molar-refractivity contribution in [2.75, 3.05) is 6.61 Å². The van der Waals surface area contributed by atoms with Gasteiger partial charge in [0.15, 0.2) is 0 Å². The van der Waals surface area contributed by atoms with Gasteiger partial charge in [-0.3, -0.25) is 10.1 Å². The molecule has 1 fully saturated rings. The number of hydrogen-bond acceptors (Lipinski definition) is 8. The van der Waals surface area contributed by atoms with E-state index >= 15 is 0 Å². The fourth-order valence-electron chi connectivity index (χ4n) is 2.52. The molecule has 26 heavy (non-hydrogen) atoms. The molecule has 0 N–H and O–H groups in total. The Morgan fingerprint density at radius 1 is 1.31 bits per heavy atom. The number of hydrogen-bond donors (Lipinski definition) is 0. The lowest BCUT2D eigenvalue weighted by Crippen LogP contribution is -2.38. The van der Waals surface area contributed by atoms with E-state index in [9.17, 15) is 14.9 Å².